The van der Waals surface area contributed by atoms with Crippen molar-refractivity contribution < 1.29 is 19.1 Å². The fourth-order valence-electron chi connectivity index (χ4n) is 1.73. The molecule has 8 heteroatoms. The Morgan fingerprint density at radius 3 is 2.58 bits per heavy atom. The van der Waals surface area contributed by atoms with Crippen molar-refractivity contribution in [2.45, 2.75) is 6.54 Å². The van der Waals surface area contributed by atoms with Gasteiger partial charge in [0.25, 0.3) is 11.8 Å². The van der Waals surface area contributed by atoms with Crippen molar-refractivity contribution in [3.8, 4) is 0 Å². The molecule has 0 radical (unpaired) electrons. The van der Waals surface area contributed by atoms with Crippen LogP contribution in [-0.4, -0.2) is 30.9 Å². The maximum atomic E-state index is 11.6. The van der Waals surface area contributed by atoms with E-state index in [0.29, 0.717) is 9.90 Å². The Labute approximate surface area is 147 Å². The van der Waals surface area contributed by atoms with E-state index in [9.17, 15) is 14.4 Å². The summed E-state index contributed by atoms with van der Waals surface area (Å²) in [4.78, 5) is 35.3. The molecule has 0 atom stereocenters. The lowest BCUT2D eigenvalue weighted by atomic mass is 10.2. The molecule has 1 aromatic heterocycles. The van der Waals surface area contributed by atoms with Crippen molar-refractivity contribution >= 4 is 40.7 Å². The van der Waals surface area contributed by atoms with Gasteiger partial charge in [0, 0.05) is 11.6 Å². The minimum Gasteiger partial charge on any atom is -0.454 e. The summed E-state index contributed by atoms with van der Waals surface area (Å²) in [6, 6.07) is 10.5. The lowest BCUT2D eigenvalue weighted by molar-refractivity contribution is -0.147. The molecule has 1 heterocycles. The minimum absolute atomic E-state index is 0.241. The van der Waals surface area contributed by atoms with E-state index in [0.717, 1.165) is 5.56 Å². The van der Waals surface area contributed by atoms with E-state index in [1.807, 2.05) is 6.07 Å². The van der Waals surface area contributed by atoms with E-state index in [4.69, 9.17) is 16.3 Å². The van der Waals surface area contributed by atoms with E-state index < -0.39 is 18.5 Å². The van der Waals surface area contributed by atoms with E-state index >= 15 is 0 Å². The summed E-state index contributed by atoms with van der Waals surface area (Å²) in [5.74, 6) is -1.49. The molecule has 0 unspecified atom stereocenters. The average molecular weight is 367 g/mol. The molecule has 0 spiro atoms. The van der Waals surface area contributed by atoms with Gasteiger partial charge >= 0.3 is 5.97 Å². The van der Waals surface area contributed by atoms with Crippen molar-refractivity contribution in [2.75, 3.05) is 13.2 Å². The lowest BCUT2D eigenvalue weighted by Gasteiger charge is -2.08. The highest BCUT2D eigenvalue weighted by atomic mass is 35.5. The van der Waals surface area contributed by atoms with Crippen LogP contribution in [0.4, 0.5) is 0 Å². The third kappa shape index (κ3) is 5.68. The molecule has 0 aliphatic heterocycles. The number of nitrogens with one attached hydrogen (secondary N) is 2. The van der Waals surface area contributed by atoms with Crippen LogP contribution in [0, 0.1) is 0 Å². The zero-order chi connectivity index (χ0) is 17.4. The fourth-order valence-corrected chi connectivity index (χ4v) is 2.57. The molecule has 0 saturated heterocycles. The van der Waals surface area contributed by atoms with Crippen molar-refractivity contribution in [3.63, 3.8) is 0 Å². The number of thiophene rings is 1. The Morgan fingerprint density at radius 1 is 1.08 bits per heavy atom. The second kappa shape index (κ2) is 9.05. The first-order valence-corrected chi connectivity index (χ1v) is 8.29. The molecular weight excluding hydrogens is 352 g/mol. The summed E-state index contributed by atoms with van der Waals surface area (Å²) in [5.41, 5.74) is 0.766. The van der Waals surface area contributed by atoms with Crippen LogP contribution in [0.5, 0.6) is 0 Å². The maximum Gasteiger partial charge on any atom is 0.325 e. The van der Waals surface area contributed by atoms with Gasteiger partial charge in [0.05, 0.1) is 4.88 Å². The van der Waals surface area contributed by atoms with E-state index in [-0.39, 0.29) is 19.0 Å². The van der Waals surface area contributed by atoms with Crippen molar-refractivity contribution in [2.24, 2.45) is 0 Å². The zero-order valence-corrected chi connectivity index (χ0v) is 14.2. The van der Waals surface area contributed by atoms with E-state index in [1.165, 1.54) is 11.3 Å². The van der Waals surface area contributed by atoms with Crippen LogP contribution in [0.15, 0.2) is 41.8 Å². The summed E-state index contributed by atoms with van der Waals surface area (Å²) < 4.78 is 4.79. The summed E-state index contributed by atoms with van der Waals surface area (Å²) in [5, 5.41) is 7.33. The van der Waals surface area contributed by atoms with Gasteiger partial charge in [-0.15, -0.1) is 11.3 Å². The second-order valence-corrected chi connectivity index (χ2v) is 6.04. The van der Waals surface area contributed by atoms with Crippen molar-refractivity contribution in [1.29, 1.82) is 0 Å². The number of carbonyl (C=O) groups excluding carboxylic acids is 3. The van der Waals surface area contributed by atoms with Gasteiger partial charge in [0.2, 0.25) is 0 Å². The van der Waals surface area contributed by atoms with Crippen LogP contribution in [-0.2, 0) is 20.9 Å². The number of rotatable bonds is 7. The van der Waals surface area contributed by atoms with Gasteiger partial charge in [-0.2, -0.15) is 0 Å². The minimum atomic E-state index is -0.687. The molecule has 2 N–H and O–H groups in total. The van der Waals surface area contributed by atoms with Gasteiger partial charge in [-0.05, 0) is 23.1 Å². The second-order valence-electron chi connectivity index (χ2n) is 4.69. The van der Waals surface area contributed by atoms with Crippen molar-refractivity contribution in [1.82, 2.24) is 10.6 Å². The highest BCUT2D eigenvalue weighted by Gasteiger charge is 2.11. The smallest absolute Gasteiger partial charge is 0.325 e. The number of hydrogen-bond acceptors (Lipinski definition) is 5. The average Bonchev–Trinajstić information content (AvgIpc) is 3.11. The molecule has 0 aliphatic carbocycles. The Morgan fingerprint density at radius 2 is 1.88 bits per heavy atom. The van der Waals surface area contributed by atoms with Crippen LogP contribution < -0.4 is 10.6 Å². The standard InChI is InChI=1S/C16H15ClN2O4S/c17-12-5-2-1-4-11(12)8-18-14(20)10-23-15(21)9-19-16(22)13-6-3-7-24-13/h1-7H,8-10H2,(H,18,20)(H,19,22). The number of hydrogen-bond donors (Lipinski definition) is 2. The van der Waals surface area contributed by atoms with Gasteiger partial charge in [0.1, 0.15) is 6.54 Å². The molecule has 2 rings (SSSR count). The highest BCUT2D eigenvalue weighted by molar-refractivity contribution is 7.12. The molecule has 2 amide bonds. The lowest BCUT2D eigenvalue weighted by Crippen LogP contribution is -2.33. The molecule has 0 saturated carbocycles. The van der Waals surface area contributed by atoms with Crippen LogP contribution in [0.3, 0.4) is 0 Å². The van der Waals surface area contributed by atoms with Gasteiger partial charge in [-0.1, -0.05) is 35.9 Å². The molecule has 0 bridgehead atoms. The van der Waals surface area contributed by atoms with Crippen LogP contribution in [0.1, 0.15) is 15.2 Å². The largest absolute Gasteiger partial charge is 0.454 e. The summed E-state index contributed by atoms with van der Waals surface area (Å²) >= 11 is 7.24. The number of benzene rings is 1. The topological polar surface area (TPSA) is 84.5 Å². The zero-order valence-electron chi connectivity index (χ0n) is 12.6. The molecule has 2 aromatic rings. The van der Waals surface area contributed by atoms with Gasteiger partial charge in [0.15, 0.2) is 6.61 Å². The highest BCUT2D eigenvalue weighted by Crippen LogP contribution is 2.14. The predicted molar refractivity (Wildman–Crippen MR) is 90.9 cm³/mol. The third-order valence-corrected chi connectivity index (χ3v) is 4.17. The van der Waals surface area contributed by atoms with Crippen LogP contribution in [0.25, 0.3) is 0 Å². The molecule has 6 nitrogen and oxygen atoms in total. The first-order valence-electron chi connectivity index (χ1n) is 7.03. The number of amides is 2. The normalized spacial score (nSPS) is 10.0. The van der Waals surface area contributed by atoms with Crippen LogP contribution in [0.2, 0.25) is 5.02 Å². The number of halogens is 1. The Balaban J connectivity index is 1.65. The molecule has 126 valence electrons. The first-order chi connectivity index (χ1) is 11.6. The Kier molecular flexibility index (Phi) is 6.77. The molecule has 0 fully saturated rings. The quantitative estimate of drug-likeness (QED) is 0.734. The van der Waals surface area contributed by atoms with Crippen LogP contribution >= 0.6 is 22.9 Å². The number of ether oxygens (including phenoxy) is 1. The molecule has 1 aromatic carbocycles. The maximum absolute atomic E-state index is 11.6. The monoisotopic (exact) mass is 366 g/mol. The Bertz CT molecular complexity index is 719. The first kappa shape index (κ1) is 18.0. The van der Waals surface area contributed by atoms with Crippen molar-refractivity contribution in [3.05, 3.63) is 57.2 Å². The van der Waals surface area contributed by atoms with Gasteiger partial charge in [-0.3, -0.25) is 14.4 Å². The fraction of sp³-hybridized carbons (Fsp3) is 0.188. The number of esters is 1. The predicted octanol–water partition coefficient (Wildman–Crippen LogP) is 1.99. The molecule has 24 heavy (non-hydrogen) atoms. The Hall–Kier alpha value is -2.38. The molecular formula is C16H15ClN2O4S. The van der Waals surface area contributed by atoms with Gasteiger partial charge in [-0.25, -0.2) is 0 Å². The third-order valence-electron chi connectivity index (χ3n) is 2.94. The summed E-state index contributed by atoms with van der Waals surface area (Å²) in [6.07, 6.45) is 0. The molecule has 0 aliphatic rings. The summed E-state index contributed by atoms with van der Waals surface area (Å²) in [6.45, 7) is -0.474. The SMILES string of the molecule is O=C(COC(=O)CNC(=O)c1cccs1)NCc1ccccc1Cl. The number of carbonyl (C=O) groups is 3. The summed E-state index contributed by atoms with van der Waals surface area (Å²) in [7, 11) is 0. The van der Waals surface area contributed by atoms with Gasteiger partial charge < -0.3 is 15.4 Å². The van der Waals surface area contributed by atoms with E-state index in [1.54, 1.807) is 35.7 Å². The van der Waals surface area contributed by atoms with E-state index in [2.05, 4.69) is 10.6 Å².